The van der Waals surface area contributed by atoms with Crippen molar-refractivity contribution in [2.45, 2.75) is 30.3 Å². The molecule has 1 aliphatic rings. The molecule has 16 heavy (non-hydrogen) atoms. The summed E-state index contributed by atoms with van der Waals surface area (Å²) in [5.41, 5.74) is 1.28. The molecule has 2 unspecified atom stereocenters. The first-order chi connectivity index (χ1) is 7.83. The van der Waals surface area contributed by atoms with Gasteiger partial charge in [0.15, 0.2) is 0 Å². The summed E-state index contributed by atoms with van der Waals surface area (Å²) in [7, 11) is 0. The third kappa shape index (κ3) is 2.59. The molecule has 0 saturated carbocycles. The number of fused-ring (bicyclic) bond motifs is 1. The Hall–Kier alpha value is -0.510. The topological polar surface area (TPSA) is 29.5 Å². The summed E-state index contributed by atoms with van der Waals surface area (Å²) >= 11 is 1.83. The van der Waals surface area contributed by atoms with E-state index < -0.39 is 0 Å². The Kier molecular flexibility index (Phi) is 4.27. The third-order valence-corrected chi connectivity index (χ3v) is 4.05. The van der Waals surface area contributed by atoms with Crippen molar-refractivity contribution in [3.8, 4) is 0 Å². The number of thioether (sulfide) groups is 1. The Morgan fingerprint density at radius 1 is 1.50 bits per heavy atom. The van der Waals surface area contributed by atoms with E-state index in [1.807, 2.05) is 23.9 Å². The lowest BCUT2D eigenvalue weighted by atomic mass is 9.96. The van der Waals surface area contributed by atoms with E-state index in [1.54, 1.807) is 0 Å². The maximum atomic E-state index is 10.1. The van der Waals surface area contributed by atoms with Crippen molar-refractivity contribution in [2.75, 3.05) is 19.0 Å². The van der Waals surface area contributed by atoms with Crippen LogP contribution in [0.15, 0.2) is 29.2 Å². The van der Waals surface area contributed by atoms with Gasteiger partial charge in [0.25, 0.3) is 0 Å². The zero-order valence-electron chi connectivity index (χ0n) is 9.56. The van der Waals surface area contributed by atoms with Crippen molar-refractivity contribution in [3.05, 3.63) is 29.8 Å². The van der Waals surface area contributed by atoms with Crippen LogP contribution in [0, 0.1) is 0 Å². The van der Waals surface area contributed by atoms with E-state index in [-0.39, 0.29) is 12.0 Å². The van der Waals surface area contributed by atoms with Crippen LogP contribution in [0.2, 0.25) is 0 Å². The second-order valence-electron chi connectivity index (χ2n) is 4.10. The molecule has 0 radical (unpaired) electrons. The zero-order chi connectivity index (χ0) is 11.4. The van der Waals surface area contributed by atoms with Crippen LogP contribution in [0.4, 0.5) is 0 Å². The van der Waals surface area contributed by atoms with Crippen LogP contribution in [0.5, 0.6) is 0 Å². The van der Waals surface area contributed by atoms with Gasteiger partial charge >= 0.3 is 0 Å². The highest BCUT2D eigenvalue weighted by molar-refractivity contribution is 7.99. The summed E-state index contributed by atoms with van der Waals surface area (Å²) in [6.07, 6.45) is 0.630. The van der Waals surface area contributed by atoms with Crippen molar-refractivity contribution >= 4 is 11.8 Å². The van der Waals surface area contributed by atoms with Gasteiger partial charge in [-0.05, 0) is 18.1 Å². The van der Waals surface area contributed by atoms with Crippen LogP contribution in [0.25, 0.3) is 0 Å². The Morgan fingerprint density at radius 2 is 2.31 bits per heavy atom. The van der Waals surface area contributed by atoms with Crippen LogP contribution in [-0.4, -0.2) is 30.2 Å². The number of benzene rings is 1. The predicted octanol–water partition coefficient (Wildman–Crippen LogP) is 2.66. The number of rotatable bonds is 5. The van der Waals surface area contributed by atoms with Gasteiger partial charge in [0.1, 0.15) is 0 Å². The van der Waals surface area contributed by atoms with Crippen molar-refractivity contribution in [1.29, 1.82) is 0 Å². The summed E-state index contributed by atoms with van der Waals surface area (Å²) < 4.78 is 5.41. The lowest BCUT2D eigenvalue weighted by Crippen LogP contribution is -2.24. The minimum atomic E-state index is -0.373. The van der Waals surface area contributed by atoms with Crippen LogP contribution in [-0.2, 0) is 4.74 Å². The van der Waals surface area contributed by atoms with Crippen LogP contribution < -0.4 is 0 Å². The third-order valence-electron chi connectivity index (χ3n) is 2.84. The van der Waals surface area contributed by atoms with Crippen molar-refractivity contribution in [2.24, 2.45) is 0 Å². The molecule has 0 fully saturated rings. The molecule has 0 saturated heterocycles. The Labute approximate surface area is 101 Å². The zero-order valence-corrected chi connectivity index (χ0v) is 10.4. The average Bonchev–Trinajstić information content (AvgIpc) is 2.73. The fourth-order valence-corrected chi connectivity index (χ4v) is 3.29. The number of ether oxygens (including phenoxy) is 1. The summed E-state index contributed by atoms with van der Waals surface area (Å²) in [5, 5.41) is 10.1. The first kappa shape index (κ1) is 12.0. The molecule has 1 N–H and O–H groups in total. The second kappa shape index (κ2) is 5.71. The van der Waals surface area contributed by atoms with Gasteiger partial charge in [-0.1, -0.05) is 25.1 Å². The van der Waals surface area contributed by atoms with Crippen molar-refractivity contribution in [3.63, 3.8) is 0 Å². The van der Waals surface area contributed by atoms with Gasteiger partial charge in [-0.15, -0.1) is 11.8 Å². The fraction of sp³-hybridized carbons (Fsp3) is 0.538. The Bertz CT molecular complexity index is 340. The highest BCUT2D eigenvalue weighted by atomic mass is 32.2. The Morgan fingerprint density at radius 3 is 3.12 bits per heavy atom. The lowest BCUT2D eigenvalue weighted by molar-refractivity contribution is 0.0264. The van der Waals surface area contributed by atoms with E-state index in [9.17, 15) is 5.11 Å². The van der Waals surface area contributed by atoms with Crippen molar-refractivity contribution in [1.82, 2.24) is 0 Å². The summed E-state index contributed by atoms with van der Waals surface area (Å²) in [6, 6.07) is 8.33. The number of hydrogen-bond donors (Lipinski definition) is 1. The molecule has 3 heteroatoms. The largest absolute Gasteiger partial charge is 0.390 e. The number of hydrogen-bond acceptors (Lipinski definition) is 3. The molecule has 0 aliphatic carbocycles. The highest BCUT2D eigenvalue weighted by Gasteiger charge is 2.28. The van der Waals surface area contributed by atoms with Gasteiger partial charge < -0.3 is 9.84 Å². The number of aliphatic hydroxyl groups excluding tert-OH is 1. The molecule has 0 spiro atoms. The molecule has 1 aliphatic heterocycles. The molecular weight excluding hydrogens is 220 g/mol. The molecule has 2 rings (SSSR count). The molecule has 2 atom stereocenters. The molecule has 88 valence electrons. The minimum Gasteiger partial charge on any atom is -0.390 e. The van der Waals surface area contributed by atoms with Gasteiger partial charge in [-0.3, -0.25) is 0 Å². The van der Waals surface area contributed by atoms with Gasteiger partial charge in [0.2, 0.25) is 0 Å². The maximum Gasteiger partial charge on any atom is 0.0850 e. The second-order valence-corrected chi connectivity index (χ2v) is 5.16. The molecule has 0 bridgehead atoms. The smallest absolute Gasteiger partial charge is 0.0850 e. The summed E-state index contributed by atoms with van der Waals surface area (Å²) in [5.74, 6) is 1.20. The summed E-state index contributed by atoms with van der Waals surface area (Å²) in [4.78, 5) is 1.31. The molecule has 0 amide bonds. The first-order valence-electron chi connectivity index (χ1n) is 5.80. The average molecular weight is 238 g/mol. The molecule has 1 aromatic carbocycles. The van der Waals surface area contributed by atoms with Gasteiger partial charge in [0.05, 0.1) is 12.7 Å². The van der Waals surface area contributed by atoms with E-state index in [4.69, 9.17) is 4.74 Å². The van der Waals surface area contributed by atoms with Gasteiger partial charge in [-0.2, -0.15) is 0 Å². The normalized spacial score (nSPS) is 20.8. The van der Waals surface area contributed by atoms with Gasteiger partial charge in [-0.25, -0.2) is 0 Å². The van der Waals surface area contributed by atoms with E-state index >= 15 is 0 Å². The number of aliphatic hydroxyl groups is 1. The first-order valence-corrected chi connectivity index (χ1v) is 6.79. The Balaban J connectivity index is 1.96. The monoisotopic (exact) mass is 238 g/mol. The molecule has 1 heterocycles. The van der Waals surface area contributed by atoms with E-state index in [2.05, 4.69) is 19.1 Å². The van der Waals surface area contributed by atoms with Crippen LogP contribution in [0.3, 0.4) is 0 Å². The fourth-order valence-electron chi connectivity index (χ4n) is 1.97. The van der Waals surface area contributed by atoms with E-state index in [0.29, 0.717) is 6.61 Å². The molecular formula is C13H18O2S. The molecule has 1 aromatic rings. The minimum absolute atomic E-state index is 0.234. The molecule has 0 aromatic heterocycles. The lowest BCUT2D eigenvalue weighted by Gasteiger charge is -2.18. The van der Waals surface area contributed by atoms with E-state index in [0.717, 1.165) is 18.8 Å². The quantitative estimate of drug-likeness (QED) is 0.800. The molecule has 2 nitrogen and oxygen atoms in total. The maximum absolute atomic E-state index is 10.1. The summed E-state index contributed by atoms with van der Waals surface area (Å²) in [6.45, 7) is 3.26. The standard InChI is InChI=1S/C13H18O2S/c1-2-7-15-8-12(14)11-9-16-13-6-4-3-5-10(11)13/h3-6,11-12,14H,2,7-9H2,1H3. The predicted molar refractivity (Wildman–Crippen MR) is 67.0 cm³/mol. The SMILES string of the molecule is CCCOCC(O)C1CSc2ccccc21. The van der Waals surface area contributed by atoms with E-state index in [1.165, 1.54) is 10.5 Å². The van der Waals surface area contributed by atoms with Crippen molar-refractivity contribution < 1.29 is 9.84 Å². The van der Waals surface area contributed by atoms with Crippen LogP contribution >= 0.6 is 11.8 Å². The van der Waals surface area contributed by atoms with Gasteiger partial charge in [0, 0.05) is 23.2 Å². The highest BCUT2D eigenvalue weighted by Crippen LogP contribution is 2.40. The van der Waals surface area contributed by atoms with Crippen LogP contribution in [0.1, 0.15) is 24.8 Å².